The van der Waals surface area contributed by atoms with E-state index in [1.54, 1.807) is 0 Å². The fourth-order valence-corrected chi connectivity index (χ4v) is 1.87. The van der Waals surface area contributed by atoms with Crippen LogP contribution in [0.1, 0.15) is 30.9 Å². The second kappa shape index (κ2) is 3.54. The number of hydrogen-bond acceptors (Lipinski definition) is 1. The number of aromatic nitrogens is 1. The van der Waals surface area contributed by atoms with Crippen molar-refractivity contribution in [3.63, 3.8) is 0 Å². The summed E-state index contributed by atoms with van der Waals surface area (Å²) in [6, 6.07) is 6.03. The SMILES string of the molecule is Cc1ccc2c(C(C)C)c[nH]c(=O)c2c1. The molecular weight excluding hydrogens is 186 g/mol. The molecule has 78 valence electrons. The molecule has 0 atom stereocenters. The third-order valence-corrected chi connectivity index (χ3v) is 2.71. The van der Waals surface area contributed by atoms with Crippen LogP contribution in [-0.4, -0.2) is 4.98 Å². The van der Waals surface area contributed by atoms with Crippen LogP contribution in [0.25, 0.3) is 10.8 Å². The van der Waals surface area contributed by atoms with Crippen LogP contribution in [0.2, 0.25) is 0 Å². The van der Waals surface area contributed by atoms with Gasteiger partial charge < -0.3 is 4.98 Å². The van der Waals surface area contributed by atoms with Crippen LogP contribution < -0.4 is 5.56 Å². The third-order valence-electron chi connectivity index (χ3n) is 2.71. The molecular formula is C13H15NO. The summed E-state index contributed by atoms with van der Waals surface area (Å²) in [6.45, 7) is 6.26. The van der Waals surface area contributed by atoms with Crippen molar-refractivity contribution in [2.45, 2.75) is 26.7 Å². The highest BCUT2D eigenvalue weighted by Gasteiger charge is 2.07. The normalized spacial score (nSPS) is 11.2. The Bertz CT molecular complexity index is 552. The number of benzene rings is 1. The van der Waals surface area contributed by atoms with Crippen molar-refractivity contribution in [3.05, 3.63) is 45.9 Å². The van der Waals surface area contributed by atoms with Gasteiger partial charge in [0.2, 0.25) is 0 Å². The van der Waals surface area contributed by atoms with Crippen molar-refractivity contribution in [3.8, 4) is 0 Å². The maximum atomic E-state index is 11.7. The summed E-state index contributed by atoms with van der Waals surface area (Å²) in [5.41, 5.74) is 2.32. The van der Waals surface area contributed by atoms with E-state index < -0.39 is 0 Å². The summed E-state index contributed by atoms with van der Waals surface area (Å²) in [5.74, 6) is 0.423. The molecule has 1 heterocycles. The minimum absolute atomic E-state index is 0.00176. The molecule has 0 radical (unpaired) electrons. The van der Waals surface area contributed by atoms with Crippen LogP contribution in [0.3, 0.4) is 0 Å². The molecule has 2 aromatic rings. The first-order valence-electron chi connectivity index (χ1n) is 5.21. The Morgan fingerprint density at radius 2 is 1.93 bits per heavy atom. The van der Waals surface area contributed by atoms with E-state index in [1.165, 1.54) is 5.56 Å². The van der Waals surface area contributed by atoms with Crippen LogP contribution in [-0.2, 0) is 0 Å². The van der Waals surface area contributed by atoms with Gasteiger partial charge in [-0.3, -0.25) is 4.79 Å². The highest BCUT2D eigenvalue weighted by atomic mass is 16.1. The molecule has 2 heteroatoms. The Hall–Kier alpha value is -1.57. The lowest BCUT2D eigenvalue weighted by Crippen LogP contribution is -2.08. The van der Waals surface area contributed by atoms with Gasteiger partial charge in [-0.15, -0.1) is 0 Å². The van der Waals surface area contributed by atoms with E-state index >= 15 is 0 Å². The van der Waals surface area contributed by atoms with Crippen LogP contribution >= 0.6 is 0 Å². The second-order valence-electron chi connectivity index (χ2n) is 4.28. The van der Waals surface area contributed by atoms with Gasteiger partial charge in [-0.05, 0) is 29.9 Å². The van der Waals surface area contributed by atoms with E-state index in [4.69, 9.17) is 0 Å². The Morgan fingerprint density at radius 3 is 2.60 bits per heavy atom. The van der Waals surface area contributed by atoms with Gasteiger partial charge in [-0.1, -0.05) is 31.5 Å². The summed E-state index contributed by atoms with van der Waals surface area (Å²) >= 11 is 0. The first-order chi connectivity index (χ1) is 7.09. The van der Waals surface area contributed by atoms with Gasteiger partial charge in [0.15, 0.2) is 0 Å². The van der Waals surface area contributed by atoms with Gasteiger partial charge in [0.05, 0.1) is 0 Å². The lowest BCUT2D eigenvalue weighted by molar-refractivity contribution is 0.867. The van der Waals surface area contributed by atoms with E-state index in [9.17, 15) is 4.79 Å². The van der Waals surface area contributed by atoms with Gasteiger partial charge in [0, 0.05) is 11.6 Å². The monoisotopic (exact) mass is 201 g/mol. The standard InChI is InChI=1S/C13H15NO/c1-8(2)12-7-14-13(15)11-6-9(3)4-5-10(11)12/h4-8H,1-3H3,(H,14,15). The third kappa shape index (κ3) is 1.67. The molecule has 2 rings (SSSR count). The fraction of sp³-hybridized carbons (Fsp3) is 0.308. The molecule has 0 unspecified atom stereocenters. The Balaban J connectivity index is 2.89. The summed E-state index contributed by atoms with van der Waals surface area (Å²) in [6.07, 6.45) is 1.82. The molecule has 0 amide bonds. The number of pyridine rings is 1. The van der Waals surface area contributed by atoms with Crippen LogP contribution in [0, 0.1) is 6.92 Å². The highest BCUT2D eigenvalue weighted by Crippen LogP contribution is 2.22. The largest absolute Gasteiger partial charge is 0.328 e. The number of fused-ring (bicyclic) bond motifs is 1. The molecule has 1 aromatic carbocycles. The van der Waals surface area contributed by atoms with Crippen molar-refractivity contribution in [2.24, 2.45) is 0 Å². The molecule has 0 aliphatic heterocycles. The van der Waals surface area contributed by atoms with E-state index in [1.807, 2.05) is 31.3 Å². The summed E-state index contributed by atoms with van der Waals surface area (Å²) in [5, 5.41) is 1.86. The molecule has 2 nitrogen and oxygen atoms in total. The predicted octanol–water partition coefficient (Wildman–Crippen LogP) is 2.96. The molecule has 0 spiro atoms. The molecule has 0 aliphatic rings. The Kier molecular flexibility index (Phi) is 2.35. The maximum Gasteiger partial charge on any atom is 0.255 e. The first kappa shape index (κ1) is 9.97. The number of aromatic amines is 1. The Morgan fingerprint density at radius 1 is 1.20 bits per heavy atom. The Labute approximate surface area is 89.0 Å². The number of H-pyrrole nitrogens is 1. The van der Waals surface area contributed by atoms with Crippen molar-refractivity contribution < 1.29 is 0 Å². The highest BCUT2D eigenvalue weighted by molar-refractivity contribution is 5.85. The van der Waals surface area contributed by atoms with Gasteiger partial charge in [-0.25, -0.2) is 0 Å². The predicted molar refractivity (Wildman–Crippen MR) is 63.4 cm³/mol. The van der Waals surface area contributed by atoms with Crippen molar-refractivity contribution in [1.82, 2.24) is 4.98 Å². The minimum atomic E-state index is -0.00176. The number of hydrogen-bond donors (Lipinski definition) is 1. The van der Waals surface area contributed by atoms with Crippen LogP contribution in [0.4, 0.5) is 0 Å². The molecule has 0 aliphatic carbocycles. The van der Waals surface area contributed by atoms with Gasteiger partial charge in [-0.2, -0.15) is 0 Å². The first-order valence-corrected chi connectivity index (χ1v) is 5.21. The smallest absolute Gasteiger partial charge is 0.255 e. The minimum Gasteiger partial charge on any atom is -0.328 e. The van der Waals surface area contributed by atoms with E-state index in [0.717, 1.165) is 16.3 Å². The van der Waals surface area contributed by atoms with E-state index in [-0.39, 0.29) is 5.56 Å². The summed E-state index contributed by atoms with van der Waals surface area (Å²) in [7, 11) is 0. The number of rotatable bonds is 1. The molecule has 0 saturated heterocycles. The molecule has 0 saturated carbocycles. The van der Waals surface area contributed by atoms with Gasteiger partial charge in [0.25, 0.3) is 5.56 Å². The zero-order valence-corrected chi connectivity index (χ0v) is 9.29. The zero-order chi connectivity index (χ0) is 11.0. The molecule has 15 heavy (non-hydrogen) atoms. The topological polar surface area (TPSA) is 32.9 Å². The molecule has 1 N–H and O–H groups in total. The summed E-state index contributed by atoms with van der Waals surface area (Å²) in [4.78, 5) is 14.4. The molecule has 0 fully saturated rings. The average molecular weight is 201 g/mol. The molecule has 1 aromatic heterocycles. The van der Waals surface area contributed by atoms with Crippen molar-refractivity contribution in [1.29, 1.82) is 0 Å². The lowest BCUT2D eigenvalue weighted by atomic mass is 9.98. The second-order valence-corrected chi connectivity index (χ2v) is 4.28. The van der Waals surface area contributed by atoms with Gasteiger partial charge >= 0.3 is 0 Å². The van der Waals surface area contributed by atoms with Crippen molar-refractivity contribution >= 4 is 10.8 Å². The zero-order valence-electron chi connectivity index (χ0n) is 9.29. The van der Waals surface area contributed by atoms with E-state index in [2.05, 4.69) is 18.8 Å². The van der Waals surface area contributed by atoms with Crippen molar-refractivity contribution in [2.75, 3.05) is 0 Å². The van der Waals surface area contributed by atoms with Crippen LogP contribution in [0.5, 0.6) is 0 Å². The maximum absolute atomic E-state index is 11.7. The summed E-state index contributed by atoms with van der Waals surface area (Å²) < 4.78 is 0. The lowest BCUT2D eigenvalue weighted by Gasteiger charge is -2.09. The number of nitrogens with one attached hydrogen (secondary N) is 1. The quantitative estimate of drug-likeness (QED) is 0.756. The number of aryl methyl sites for hydroxylation is 1. The fourth-order valence-electron chi connectivity index (χ4n) is 1.87. The average Bonchev–Trinajstić information content (AvgIpc) is 2.19. The van der Waals surface area contributed by atoms with Crippen LogP contribution in [0.15, 0.2) is 29.2 Å². The van der Waals surface area contributed by atoms with Gasteiger partial charge in [0.1, 0.15) is 0 Å². The van der Waals surface area contributed by atoms with E-state index in [0.29, 0.717) is 5.92 Å². The molecule has 0 bridgehead atoms.